The first kappa shape index (κ1) is 45.9. The molecule has 238 valence electrons. The standard InChI is InChI=1S/C19H28.C8H10.C6H14.C4H10.2C2H6/c1-6-9-18(15(2)3)12-7-10-17-11-8-13-19(14-17)16(4)5;1-7-5-3-4-6-8(7)2;1-3-5-6-4-2;1-4(2)3;2*1-2/h8,11,13-14,18H,2,4,6-7,9-10,12H2,1,3,5H3;3-6H,1-2H3;3-6H2,1-2H3;4H,1-3H3;2*1-2H3. The van der Waals surface area contributed by atoms with E-state index in [1.54, 1.807) is 0 Å². The Morgan fingerprint density at radius 2 is 1.12 bits per heavy atom. The Morgan fingerprint density at radius 1 is 0.659 bits per heavy atom. The summed E-state index contributed by atoms with van der Waals surface area (Å²) in [6, 6.07) is 17.1. The van der Waals surface area contributed by atoms with Gasteiger partial charge in [-0.15, -0.1) is 0 Å². The molecule has 1 unspecified atom stereocenters. The minimum absolute atomic E-state index is 0.703. The number of unbranched alkanes of at least 4 members (excludes halogenated alkanes) is 3. The highest BCUT2D eigenvalue weighted by Gasteiger charge is 2.08. The van der Waals surface area contributed by atoms with Crippen LogP contribution < -0.4 is 0 Å². The minimum Gasteiger partial charge on any atom is -0.0999 e. The van der Waals surface area contributed by atoms with Crippen LogP contribution in [0.4, 0.5) is 0 Å². The van der Waals surface area contributed by atoms with Crippen molar-refractivity contribution in [3.63, 3.8) is 0 Å². The molecule has 0 aliphatic carbocycles. The molecule has 0 radical (unpaired) electrons. The highest BCUT2D eigenvalue weighted by molar-refractivity contribution is 5.61. The zero-order valence-corrected chi connectivity index (χ0v) is 30.6. The molecular formula is C41H74. The Bertz CT molecular complexity index is 796. The highest BCUT2D eigenvalue weighted by atomic mass is 14.1. The average molecular weight is 567 g/mol. The van der Waals surface area contributed by atoms with E-state index in [-0.39, 0.29) is 0 Å². The topological polar surface area (TPSA) is 0 Å². The van der Waals surface area contributed by atoms with Gasteiger partial charge in [0, 0.05) is 0 Å². The Balaban J connectivity index is -0.000000256. The molecule has 0 saturated heterocycles. The van der Waals surface area contributed by atoms with E-state index in [1.165, 1.54) is 79.2 Å². The molecule has 0 saturated carbocycles. The van der Waals surface area contributed by atoms with Crippen molar-refractivity contribution >= 4 is 5.57 Å². The largest absolute Gasteiger partial charge is 0.0999 e. The third-order valence-electron chi connectivity index (χ3n) is 6.15. The van der Waals surface area contributed by atoms with Gasteiger partial charge in [0.1, 0.15) is 0 Å². The second kappa shape index (κ2) is 34.1. The van der Waals surface area contributed by atoms with Crippen LogP contribution in [0, 0.1) is 25.7 Å². The van der Waals surface area contributed by atoms with Crippen LogP contribution in [0.15, 0.2) is 67.3 Å². The first-order valence-corrected chi connectivity index (χ1v) is 16.9. The van der Waals surface area contributed by atoms with Crippen LogP contribution in [0.1, 0.15) is 157 Å². The molecule has 0 fully saturated rings. The lowest BCUT2D eigenvalue weighted by atomic mass is 9.90. The molecule has 0 amide bonds. The van der Waals surface area contributed by atoms with Crippen molar-refractivity contribution < 1.29 is 0 Å². The van der Waals surface area contributed by atoms with Crippen molar-refractivity contribution in [2.24, 2.45) is 11.8 Å². The second-order valence-electron chi connectivity index (χ2n) is 11.2. The van der Waals surface area contributed by atoms with E-state index in [0.29, 0.717) is 5.92 Å². The number of hydrogen-bond donors (Lipinski definition) is 0. The van der Waals surface area contributed by atoms with E-state index >= 15 is 0 Å². The number of aryl methyl sites for hydroxylation is 3. The summed E-state index contributed by atoms with van der Waals surface area (Å²) in [6.07, 6.45) is 11.7. The summed E-state index contributed by atoms with van der Waals surface area (Å²) >= 11 is 0. The monoisotopic (exact) mass is 567 g/mol. The van der Waals surface area contributed by atoms with Crippen LogP contribution in [-0.2, 0) is 6.42 Å². The van der Waals surface area contributed by atoms with Gasteiger partial charge >= 0.3 is 0 Å². The van der Waals surface area contributed by atoms with Crippen LogP contribution in [0.25, 0.3) is 5.57 Å². The first-order chi connectivity index (χ1) is 19.5. The van der Waals surface area contributed by atoms with Crippen LogP contribution in [0.3, 0.4) is 0 Å². The summed E-state index contributed by atoms with van der Waals surface area (Å²) in [7, 11) is 0. The van der Waals surface area contributed by atoms with Gasteiger partial charge in [0.05, 0.1) is 0 Å². The average Bonchev–Trinajstić information content (AvgIpc) is 2.95. The van der Waals surface area contributed by atoms with Crippen LogP contribution >= 0.6 is 0 Å². The molecule has 1 atom stereocenters. The van der Waals surface area contributed by atoms with Gasteiger partial charge in [-0.25, -0.2) is 0 Å². The normalized spacial score (nSPS) is 9.93. The smallest absolute Gasteiger partial charge is 0.0209 e. The third-order valence-corrected chi connectivity index (χ3v) is 6.15. The summed E-state index contributed by atoms with van der Waals surface area (Å²) < 4.78 is 0. The quantitative estimate of drug-likeness (QED) is 0.187. The number of rotatable bonds is 11. The van der Waals surface area contributed by atoms with E-state index in [9.17, 15) is 0 Å². The maximum atomic E-state index is 4.13. The Hall–Kier alpha value is -2.08. The number of allylic oxidation sites excluding steroid dienone is 2. The van der Waals surface area contributed by atoms with Gasteiger partial charge < -0.3 is 0 Å². The predicted octanol–water partition coefficient (Wildman–Crippen LogP) is 14.6. The molecule has 41 heavy (non-hydrogen) atoms. The van der Waals surface area contributed by atoms with Crippen molar-refractivity contribution in [1.29, 1.82) is 0 Å². The molecule has 0 heterocycles. The van der Waals surface area contributed by atoms with Crippen LogP contribution in [-0.4, -0.2) is 0 Å². The Kier molecular flexibility index (Phi) is 38.2. The van der Waals surface area contributed by atoms with Crippen molar-refractivity contribution in [2.45, 2.75) is 155 Å². The maximum absolute atomic E-state index is 4.13. The zero-order valence-electron chi connectivity index (χ0n) is 30.6. The molecular weight excluding hydrogens is 492 g/mol. The summed E-state index contributed by atoms with van der Waals surface area (Å²) in [6.45, 7) is 37.8. The third kappa shape index (κ3) is 32.3. The van der Waals surface area contributed by atoms with E-state index in [0.717, 1.165) is 17.9 Å². The molecule has 0 aromatic heterocycles. The Labute approximate surface area is 261 Å². The molecule has 0 aliphatic rings. The fourth-order valence-electron chi connectivity index (χ4n) is 3.69. The molecule has 2 rings (SSSR count). The summed E-state index contributed by atoms with van der Waals surface area (Å²) in [5.41, 5.74) is 7.92. The van der Waals surface area contributed by atoms with Gasteiger partial charge in [-0.2, -0.15) is 0 Å². The Morgan fingerprint density at radius 3 is 1.46 bits per heavy atom. The van der Waals surface area contributed by atoms with Gasteiger partial charge in [0.15, 0.2) is 0 Å². The fourth-order valence-corrected chi connectivity index (χ4v) is 3.69. The first-order valence-electron chi connectivity index (χ1n) is 16.9. The predicted molar refractivity (Wildman–Crippen MR) is 196 cm³/mol. The van der Waals surface area contributed by atoms with E-state index < -0.39 is 0 Å². The molecule has 2 aromatic carbocycles. The van der Waals surface area contributed by atoms with E-state index in [4.69, 9.17) is 0 Å². The molecule has 0 spiro atoms. The highest BCUT2D eigenvalue weighted by Crippen LogP contribution is 2.22. The van der Waals surface area contributed by atoms with Gasteiger partial charge in [-0.3, -0.25) is 0 Å². The molecule has 0 N–H and O–H groups in total. The van der Waals surface area contributed by atoms with Gasteiger partial charge in [-0.1, -0.05) is 174 Å². The lowest BCUT2D eigenvalue weighted by Crippen LogP contribution is -2.02. The molecule has 0 nitrogen and oxygen atoms in total. The summed E-state index contributed by atoms with van der Waals surface area (Å²) in [4.78, 5) is 0. The van der Waals surface area contributed by atoms with Gasteiger partial charge in [0.25, 0.3) is 0 Å². The van der Waals surface area contributed by atoms with Gasteiger partial charge in [0.2, 0.25) is 0 Å². The zero-order chi connectivity index (χ0) is 32.6. The molecule has 0 bridgehead atoms. The number of benzene rings is 2. The molecule has 0 aliphatic heterocycles. The van der Waals surface area contributed by atoms with E-state index in [1.807, 2.05) is 27.7 Å². The SMILES string of the molecule is C=C(C)c1cccc(CCCC(CCC)C(=C)C)c1.CC.CC.CC(C)C.CCCCCC.Cc1ccccc1C. The number of hydrogen-bond acceptors (Lipinski definition) is 0. The van der Waals surface area contributed by atoms with Crippen LogP contribution in [0.5, 0.6) is 0 Å². The van der Waals surface area contributed by atoms with Crippen molar-refractivity contribution in [3.8, 4) is 0 Å². The van der Waals surface area contributed by atoms with Crippen molar-refractivity contribution in [2.75, 3.05) is 0 Å². The van der Waals surface area contributed by atoms with Crippen molar-refractivity contribution in [3.05, 3.63) is 89.5 Å². The lowest BCUT2D eigenvalue weighted by Gasteiger charge is -2.16. The van der Waals surface area contributed by atoms with Gasteiger partial charge in [-0.05, 0) is 87.5 Å². The summed E-state index contributed by atoms with van der Waals surface area (Å²) in [5.74, 6) is 1.54. The molecule has 2 aromatic rings. The van der Waals surface area contributed by atoms with Crippen LogP contribution in [0.2, 0.25) is 0 Å². The summed E-state index contributed by atoms with van der Waals surface area (Å²) in [5, 5.41) is 0. The maximum Gasteiger partial charge on any atom is -0.0209 e. The van der Waals surface area contributed by atoms with E-state index in [2.05, 4.69) is 131 Å². The second-order valence-corrected chi connectivity index (χ2v) is 11.2. The van der Waals surface area contributed by atoms with Crippen molar-refractivity contribution in [1.82, 2.24) is 0 Å². The minimum atomic E-state index is 0.703. The molecule has 0 heteroatoms. The fraction of sp³-hybridized carbons (Fsp3) is 0.610. The lowest BCUT2D eigenvalue weighted by molar-refractivity contribution is 0.493.